The summed E-state index contributed by atoms with van der Waals surface area (Å²) in [5.74, 6) is -5.53. The Morgan fingerprint density at radius 1 is 1.24 bits per heavy atom. The van der Waals surface area contributed by atoms with E-state index in [1.807, 2.05) is 0 Å². The van der Waals surface area contributed by atoms with Crippen molar-refractivity contribution in [1.29, 1.82) is 0 Å². The predicted octanol–water partition coefficient (Wildman–Crippen LogP) is -0.304. The maximum Gasteiger partial charge on any atom is 0.374 e. The van der Waals surface area contributed by atoms with Gasteiger partial charge in [0.15, 0.2) is 5.78 Å². The molecule has 0 aliphatic carbocycles. The van der Waals surface area contributed by atoms with E-state index in [1.54, 1.807) is 37.3 Å². The standard InChI is InChI=1S/C22H29N3O7S/c1-13(9-23)18(17(26)10-32-2)21(29)25-12-33-11-16(25)20(28)24-15(19(27)22(30)31)8-14-6-4-3-5-7-14/h3-7,13,15-16,18H,8-12,23H2,1-2H3,(H,24,28)(H,30,31)/t13?,15-,16-,18+/m0/s1. The van der Waals surface area contributed by atoms with Crippen LogP contribution in [0.4, 0.5) is 0 Å². The van der Waals surface area contributed by atoms with Crippen molar-refractivity contribution in [2.75, 3.05) is 31.9 Å². The lowest BCUT2D eigenvalue weighted by Crippen LogP contribution is -2.55. The number of ketones is 2. The molecule has 2 amide bonds. The van der Waals surface area contributed by atoms with Crippen molar-refractivity contribution >= 4 is 41.1 Å². The van der Waals surface area contributed by atoms with Gasteiger partial charge >= 0.3 is 5.97 Å². The van der Waals surface area contributed by atoms with Gasteiger partial charge in [-0.2, -0.15) is 0 Å². The molecular formula is C22H29N3O7S. The summed E-state index contributed by atoms with van der Waals surface area (Å²) in [7, 11) is 1.35. The van der Waals surface area contributed by atoms with Crippen LogP contribution < -0.4 is 11.1 Å². The number of carboxylic acids is 1. The Morgan fingerprint density at radius 2 is 1.91 bits per heavy atom. The van der Waals surface area contributed by atoms with E-state index in [4.69, 9.17) is 10.5 Å². The molecule has 0 saturated carbocycles. The number of methoxy groups -OCH3 is 1. The predicted molar refractivity (Wildman–Crippen MR) is 121 cm³/mol. The molecule has 10 nitrogen and oxygen atoms in total. The van der Waals surface area contributed by atoms with Crippen molar-refractivity contribution in [3.05, 3.63) is 35.9 Å². The first-order valence-corrected chi connectivity index (χ1v) is 11.6. The summed E-state index contributed by atoms with van der Waals surface area (Å²) in [6, 6.07) is 6.44. The Morgan fingerprint density at radius 3 is 2.48 bits per heavy atom. The number of amides is 2. The van der Waals surface area contributed by atoms with Gasteiger partial charge in [-0.25, -0.2) is 4.79 Å². The van der Waals surface area contributed by atoms with Crippen molar-refractivity contribution in [2.24, 2.45) is 17.6 Å². The van der Waals surface area contributed by atoms with Crippen molar-refractivity contribution in [1.82, 2.24) is 10.2 Å². The number of carboxylic acid groups (broad SMARTS) is 1. The normalized spacial score (nSPS) is 18.3. The number of carbonyl (C=O) groups excluding carboxylic acids is 4. The molecule has 2 rings (SSSR count). The van der Waals surface area contributed by atoms with Crippen LogP contribution in [0.15, 0.2) is 30.3 Å². The van der Waals surface area contributed by atoms with Crippen molar-refractivity contribution in [3.63, 3.8) is 0 Å². The van der Waals surface area contributed by atoms with Crippen LogP contribution in [0.5, 0.6) is 0 Å². The highest BCUT2D eigenvalue weighted by atomic mass is 32.2. The number of carbonyl (C=O) groups is 5. The van der Waals surface area contributed by atoms with E-state index in [2.05, 4.69) is 5.32 Å². The molecule has 33 heavy (non-hydrogen) atoms. The number of rotatable bonds is 12. The molecular weight excluding hydrogens is 450 g/mol. The molecule has 1 fully saturated rings. The average Bonchev–Trinajstić information content (AvgIpc) is 3.29. The SMILES string of the molecule is COCC(=O)[C@H](C(=O)N1CSC[C@H]1C(=O)N[C@@H](Cc1ccccc1)C(=O)C(=O)O)C(C)CN. The zero-order valence-electron chi connectivity index (χ0n) is 18.6. The van der Waals surface area contributed by atoms with Gasteiger partial charge in [-0.05, 0) is 18.0 Å². The van der Waals surface area contributed by atoms with Gasteiger partial charge in [-0.1, -0.05) is 37.3 Å². The summed E-state index contributed by atoms with van der Waals surface area (Å²) >= 11 is 1.32. The number of aliphatic carboxylic acids is 1. The molecule has 0 bridgehead atoms. The molecule has 1 aliphatic rings. The third-order valence-electron chi connectivity index (χ3n) is 5.43. The van der Waals surface area contributed by atoms with Gasteiger partial charge in [0.1, 0.15) is 24.6 Å². The van der Waals surface area contributed by atoms with Gasteiger partial charge in [-0.3, -0.25) is 19.2 Å². The second-order valence-corrected chi connectivity index (χ2v) is 8.83. The first kappa shape index (κ1) is 26.5. The Hall–Kier alpha value is -2.76. The fourth-order valence-electron chi connectivity index (χ4n) is 3.60. The van der Waals surface area contributed by atoms with E-state index in [0.29, 0.717) is 5.56 Å². The van der Waals surface area contributed by atoms with Gasteiger partial charge in [0.2, 0.25) is 11.8 Å². The molecule has 1 heterocycles. The number of Topliss-reactive ketones (excluding diaryl/α,β-unsaturated/α-hetero) is 2. The molecule has 11 heteroatoms. The smallest absolute Gasteiger partial charge is 0.374 e. The van der Waals surface area contributed by atoms with Crippen molar-refractivity contribution < 1.29 is 33.8 Å². The minimum absolute atomic E-state index is 0.00925. The number of nitrogens with two attached hydrogens (primary N) is 1. The van der Waals surface area contributed by atoms with Gasteiger partial charge in [0.05, 0.1) is 5.88 Å². The second-order valence-electron chi connectivity index (χ2n) is 7.83. The minimum Gasteiger partial charge on any atom is -0.475 e. The van der Waals surface area contributed by atoms with E-state index in [0.717, 1.165) is 0 Å². The van der Waals surface area contributed by atoms with Gasteiger partial charge < -0.3 is 25.8 Å². The van der Waals surface area contributed by atoms with Crippen LogP contribution in [0.25, 0.3) is 0 Å². The largest absolute Gasteiger partial charge is 0.475 e. The van der Waals surface area contributed by atoms with Crippen LogP contribution in [0.2, 0.25) is 0 Å². The average molecular weight is 480 g/mol. The molecule has 0 radical (unpaired) electrons. The lowest BCUT2D eigenvalue weighted by Gasteiger charge is -2.30. The Balaban J connectivity index is 2.21. The van der Waals surface area contributed by atoms with E-state index in [1.165, 1.54) is 23.8 Å². The number of ether oxygens (including phenoxy) is 1. The highest BCUT2D eigenvalue weighted by Gasteiger charge is 2.42. The van der Waals surface area contributed by atoms with Crippen molar-refractivity contribution in [2.45, 2.75) is 25.4 Å². The second kappa shape index (κ2) is 12.5. The summed E-state index contributed by atoms with van der Waals surface area (Å²) < 4.78 is 4.89. The molecule has 180 valence electrons. The number of nitrogens with one attached hydrogen (secondary N) is 1. The summed E-state index contributed by atoms with van der Waals surface area (Å²) in [5.41, 5.74) is 6.37. The number of nitrogens with zero attached hydrogens (tertiary/aromatic N) is 1. The van der Waals surface area contributed by atoms with Crippen LogP contribution in [-0.4, -0.2) is 83.3 Å². The molecule has 1 unspecified atom stereocenters. The van der Waals surface area contributed by atoms with Crippen molar-refractivity contribution in [3.8, 4) is 0 Å². The molecule has 0 spiro atoms. The van der Waals surface area contributed by atoms with E-state index in [-0.39, 0.29) is 31.2 Å². The maximum absolute atomic E-state index is 13.2. The first-order valence-electron chi connectivity index (χ1n) is 10.4. The van der Waals surface area contributed by atoms with E-state index in [9.17, 15) is 29.1 Å². The van der Waals surface area contributed by atoms with E-state index < -0.39 is 53.3 Å². The topological polar surface area (TPSA) is 156 Å². The van der Waals surface area contributed by atoms with E-state index >= 15 is 0 Å². The summed E-state index contributed by atoms with van der Waals surface area (Å²) in [6.45, 7) is 1.51. The molecule has 4 N–H and O–H groups in total. The third kappa shape index (κ3) is 6.86. The van der Waals surface area contributed by atoms with Gasteiger partial charge in [0.25, 0.3) is 5.78 Å². The minimum atomic E-state index is -1.66. The maximum atomic E-state index is 13.2. The molecule has 0 aromatic heterocycles. The monoisotopic (exact) mass is 479 g/mol. The zero-order valence-corrected chi connectivity index (χ0v) is 19.4. The summed E-state index contributed by atoms with van der Waals surface area (Å²) in [6.07, 6.45) is -0.00925. The van der Waals surface area contributed by atoms with Crippen LogP contribution in [0.3, 0.4) is 0 Å². The van der Waals surface area contributed by atoms with Crippen LogP contribution in [0.1, 0.15) is 12.5 Å². The highest BCUT2D eigenvalue weighted by molar-refractivity contribution is 7.99. The lowest BCUT2D eigenvalue weighted by atomic mass is 9.88. The Labute approximate surface area is 196 Å². The van der Waals surface area contributed by atoms with Gasteiger partial charge in [0, 0.05) is 19.3 Å². The molecule has 1 aliphatic heterocycles. The van der Waals surface area contributed by atoms with Crippen LogP contribution in [-0.2, 0) is 35.1 Å². The lowest BCUT2D eigenvalue weighted by molar-refractivity contribution is -0.151. The Kier molecular flexibility index (Phi) is 10.0. The number of hydrogen-bond acceptors (Lipinski definition) is 8. The zero-order chi connectivity index (χ0) is 24.5. The van der Waals surface area contributed by atoms with Crippen LogP contribution >= 0.6 is 11.8 Å². The fourth-order valence-corrected chi connectivity index (χ4v) is 4.76. The molecule has 1 saturated heterocycles. The first-order chi connectivity index (χ1) is 15.7. The molecule has 1 aromatic rings. The third-order valence-corrected chi connectivity index (χ3v) is 6.45. The van der Waals surface area contributed by atoms with Gasteiger partial charge in [-0.15, -0.1) is 11.8 Å². The Bertz CT molecular complexity index is 880. The summed E-state index contributed by atoms with van der Waals surface area (Å²) in [4.78, 5) is 63.6. The number of hydrogen-bond donors (Lipinski definition) is 3. The fraction of sp³-hybridized carbons (Fsp3) is 0.500. The number of thioether (sulfide) groups is 1. The quantitative estimate of drug-likeness (QED) is 0.270. The van der Waals surface area contributed by atoms with Crippen LogP contribution in [0, 0.1) is 11.8 Å². The summed E-state index contributed by atoms with van der Waals surface area (Å²) in [5, 5.41) is 11.7. The molecule has 4 atom stereocenters. The molecule has 1 aromatic carbocycles. The number of benzene rings is 1. The highest BCUT2D eigenvalue weighted by Crippen LogP contribution is 2.26.